The highest BCUT2D eigenvalue weighted by Gasteiger charge is 2.06. The van der Waals surface area contributed by atoms with Crippen molar-refractivity contribution in [2.45, 2.75) is 6.54 Å². The van der Waals surface area contributed by atoms with Gasteiger partial charge in [0.25, 0.3) is 5.91 Å². The Hall–Kier alpha value is -3.09. The quantitative estimate of drug-likeness (QED) is 0.790. The fourth-order valence-corrected chi connectivity index (χ4v) is 1.54. The lowest BCUT2D eigenvalue weighted by Crippen LogP contribution is -2.23. The third-order valence-electron chi connectivity index (χ3n) is 2.50. The highest BCUT2D eigenvalue weighted by molar-refractivity contribution is 5.94. The number of carbonyl (C=O) groups is 2. The molecule has 2 aromatic heterocycles. The lowest BCUT2D eigenvalue weighted by molar-refractivity contribution is -0.131. The molecule has 106 valence electrons. The Morgan fingerprint density at radius 2 is 2.19 bits per heavy atom. The van der Waals surface area contributed by atoms with Gasteiger partial charge >= 0.3 is 5.97 Å². The van der Waals surface area contributed by atoms with E-state index in [1.165, 1.54) is 18.5 Å². The fourth-order valence-electron chi connectivity index (χ4n) is 1.54. The Labute approximate surface area is 120 Å². The number of nitrogens with one attached hydrogen (secondary N) is 1. The second kappa shape index (κ2) is 6.90. The van der Waals surface area contributed by atoms with E-state index in [-0.39, 0.29) is 12.5 Å². The minimum atomic E-state index is -1.06. The summed E-state index contributed by atoms with van der Waals surface area (Å²) in [6.45, 7) is 0.252. The van der Waals surface area contributed by atoms with Crippen LogP contribution in [0.2, 0.25) is 0 Å². The molecular weight excluding hydrogens is 272 g/mol. The Balaban J connectivity index is 2.02. The summed E-state index contributed by atoms with van der Waals surface area (Å²) in [4.78, 5) is 26.3. The van der Waals surface area contributed by atoms with Crippen LogP contribution < -0.4 is 5.32 Å². The van der Waals surface area contributed by atoms with Crippen molar-refractivity contribution in [2.24, 2.45) is 0 Å². The molecule has 0 radical (unpaired) electrons. The molecule has 7 nitrogen and oxygen atoms in total. The third-order valence-corrected chi connectivity index (χ3v) is 2.50. The van der Waals surface area contributed by atoms with E-state index in [2.05, 4.69) is 20.5 Å². The van der Waals surface area contributed by atoms with Crippen LogP contribution in [0.4, 0.5) is 0 Å². The van der Waals surface area contributed by atoms with Crippen LogP contribution in [0.25, 0.3) is 6.08 Å². The van der Waals surface area contributed by atoms with Gasteiger partial charge in [0.2, 0.25) is 0 Å². The molecule has 0 spiro atoms. The Kier molecular flexibility index (Phi) is 4.70. The number of carboxylic acids is 1. The SMILES string of the molecule is O=C(O)/C=C/c1cncc(C(=O)NCc2cccnn2)c1. The fraction of sp³-hybridized carbons (Fsp3) is 0.0714. The van der Waals surface area contributed by atoms with Crippen molar-refractivity contribution in [2.75, 3.05) is 0 Å². The van der Waals surface area contributed by atoms with E-state index < -0.39 is 5.97 Å². The Bertz CT molecular complexity index is 671. The van der Waals surface area contributed by atoms with Gasteiger partial charge < -0.3 is 10.4 Å². The highest BCUT2D eigenvalue weighted by Crippen LogP contribution is 2.05. The molecule has 2 N–H and O–H groups in total. The van der Waals surface area contributed by atoms with Gasteiger partial charge in [-0.05, 0) is 29.8 Å². The average Bonchev–Trinajstić information content (AvgIpc) is 2.52. The number of rotatable bonds is 5. The van der Waals surface area contributed by atoms with E-state index in [0.717, 1.165) is 6.08 Å². The minimum Gasteiger partial charge on any atom is -0.478 e. The molecule has 21 heavy (non-hydrogen) atoms. The molecule has 2 aromatic rings. The van der Waals surface area contributed by atoms with Crippen molar-refractivity contribution in [3.8, 4) is 0 Å². The Morgan fingerprint density at radius 1 is 1.33 bits per heavy atom. The summed E-state index contributed by atoms with van der Waals surface area (Å²) in [5.41, 5.74) is 1.51. The zero-order chi connectivity index (χ0) is 15.1. The van der Waals surface area contributed by atoms with E-state index >= 15 is 0 Å². The summed E-state index contributed by atoms with van der Waals surface area (Å²) in [5, 5.41) is 18.8. The Morgan fingerprint density at radius 3 is 2.90 bits per heavy atom. The predicted octanol–water partition coefficient (Wildman–Crippen LogP) is 0.899. The molecule has 0 aliphatic rings. The topological polar surface area (TPSA) is 105 Å². The van der Waals surface area contributed by atoms with Crippen molar-refractivity contribution in [1.29, 1.82) is 0 Å². The number of aliphatic carboxylic acids is 1. The first kappa shape index (κ1) is 14.3. The molecule has 7 heteroatoms. The zero-order valence-corrected chi connectivity index (χ0v) is 10.9. The maximum absolute atomic E-state index is 12.0. The summed E-state index contributed by atoms with van der Waals surface area (Å²) in [7, 11) is 0. The summed E-state index contributed by atoms with van der Waals surface area (Å²) >= 11 is 0. The first-order valence-corrected chi connectivity index (χ1v) is 6.06. The van der Waals surface area contributed by atoms with Crippen LogP contribution in [-0.2, 0) is 11.3 Å². The summed E-state index contributed by atoms with van der Waals surface area (Å²) in [5.74, 6) is -1.38. The number of nitrogens with zero attached hydrogens (tertiary/aromatic N) is 3. The number of aromatic nitrogens is 3. The molecule has 0 unspecified atom stereocenters. The van der Waals surface area contributed by atoms with Gasteiger partial charge in [0.15, 0.2) is 0 Å². The molecule has 0 saturated carbocycles. The smallest absolute Gasteiger partial charge is 0.328 e. The van der Waals surface area contributed by atoms with Gasteiger partial charge in [0, 0.05) is 24.7 Å². The summed E-state index contributed by atoms with van der Waals surface area (Å²) < 4.78 is 0. The van der Waals surface area contributed by atoms with Gasteiger partial charge in [0.1, 0.15) is 0 Å². The molecular formula is C14H12N4O3. The monoisotopic (exact) mass is 284 g/mol. The van der Waals surface area contributed by atoms with E-state index in [1.54, 1.807) is 24.4 Å². The van der Waals surface area contributed by atoms with E-state index in [0.29, 0.717) is 16.8 Å². The number of carbonyl (C=O) groups excluding carboxylic acids is 1. The van der Waals surface area contributed by atoms with Crippen molar-refractivity contribution in [1.82, 2.24) is 20.5 Å². The van der Waals surface area contributed by atoms with Crippen molar-refractivity contribution in [3.05, 3.63) is 59.7 Å². The number of amides is 1. The van der Waals surface area contributed by atoms with Crippen LogP contribution in [-0.4, -0.2) is 32.2 Å². The molecule has 0 bridgehead atoms. The average molecular weight is 284 g/mol. The van der Waals surface area contributed by atoms with Crippen LogP contribution in [0.3, 0.4) is 0 Å². The van der Waals surface area contributed by atoms with Gasteiger partial charge in [-0.15, -0.1) is 0 Å². The number of hydrogen-bond acceptors (Lipinski definition) is 5. The predicted molar refractivity (Wildman–Crippen MR) is 74.1 cm³/mol. The summed E-state index contributed by atoms with van der Waals surface area (Å²) in [6, 6.07) is 5.03. The molecule has 0 saturated heterocycles. The second-order valence-corrected chi connectivity index (χ2v) is 4.08. The van der Waals surface area contributed by atoms with Crippen LogP contribution in [0, 0.1) is 0 Å². The first-order valence-electron chi connectivity index (χ1n) is 6.06. The summed E-state index contributed by atoms with van der Waals surface area (Å²) in [6.07, 6.45) is 6.78. The normalized spacial score (nSPS) is 10.5. The number of carboxylic acid groups (broad SMARTS) is 1. The van der Waals surface area contributed by atoms with Gasteiger partial charge in [-0.1, -0.05) is 0 Å². The van der Waals surface area contributed by atoms with E-state index in [9.17, 15) is 9.59 Å². The molecule has 0 atom stereocenters. The van der Waals surface area contributed by atoms with Crippen LogP contribution in [0.5, 0.6) is 0 Å². The molecule has 0 aliphatic carbocycles. The third kappa shape index (κ3) is 4.50. The van der Waals surface area contributed by atoms with Gasteiger partial charge in [-0.3, -0.25) is 9.78 Å². The molecule has 0 aromatic carbocycles. The highest BCUT2D eigenvalue weighted by atomic mass is 16.4. The standard InChI is InChI=1S/C14H12N4O3/c19-13(20)4-3-10-6-11(8-15-7-10)14(21)16-9-12-2-1-5-17-18-12/h1-8H,9H2,(H,16,21)(H,19,20)/b4-3+. The minimum absolute atomic E-state index is 0.252. The number of pyridine rings is 1. The van der Waals surface area contributed by atoms with E-state index in [1.807, 2.05) is 0 Å². The van der Waals surface area contributed by atoms with Crippen molar-refractivity contribution < 1.29 is 14.7 Å². The maximum Gasteiger partial charge on any atom is 0.328 e. The van der Waals surface area contributed by atoms with Crippen molar-refractivity contribution >= 4 is 18.0 Å². The van der Waals surface area contributed by atoms with Crippen LogP contribution >= 0.6 is 0 Å². The van der Waals surface area contributed by atoms with E-state index in [4.69, 9.17) is 5.11 Å². The zero-order valence-electron chi connectivity index (χ0n) is 10.9. The number of hydrogen-bond donors (Lipinski definition) is 2. The van der Waals surface area contributed by atoms with Gasteiger partial charge in [-0.25, -0.2) is 4.79 Å². The molecule has 2 rings (SSSR count). The van der Waals surface area contributed by atoms with Crippen LogP contribution in [0.1, 0.15) is 21.6 Å². The maximum atomic E-state index is 12.0. The van der Waals surface area contributed by atoms with Gasteiger partial charge in [0.05, 0.1) is 17.8 Å². The lowest BCUT2D eigenvalue weighted by atomic mass is 10.2. The molecule has 1 amide bonds. The van der Waals surface area contributed by atoms with Gasteiger partial charge in [-0.2, -0.15) is 10.2 Å². The molecule has 0 aliphatic heterocycles. The largest absolute Gasteiger partial charge is 0.478 e. The lowest BCUT2D eigenvalue weighted by Gasteiger charge is -2.04. The molecule has 2 heterocycles. The van der Waals surface area contributed by atoms with Crippen LogP contribution in [0.15, 0.2) is 42.9 Å². The van der Waals surface area contributed by atoms with Crippen molar-refractivity contribution in [3.63, 3.8) is 0 Å². The molecule has 0 fully saturated rings. The first-order chi connectivity index (χ1) is 10.1. The second-order valence-electron chi connectivity index (χ2n) is 4.08.